The van der Waals surface area contributed by atoms with Gasteiger partial charge in [0.2, 0.25) is 11.8 Å². The molecule has 0 saturated carbocycles. The SMILES string of the molecule is COc1ccc(CN(C(C)=O)[C@H](C(=O)NC[C@H]2CCCO2)c2ccccc2)cc1. The number of carbonyl (C=O) groups excluding carboxylic acids is 2. The van der Waals surface area contributed by atoms with E-state index in [0.717, 1.165) is 36.3 Å². The lowest BCUT2D eigenvalue weighted by atomic mass is 10.0. The van der Waals surface area contributed by atoms with Crippen molar-refractivity contribution < 1.29 is 19.1 Å². The summed E-state index contributed by atoms with van der Waals surface area (Å²) in [6, 6.07) is 16.2. The fraction of sp³-hybridized carbons (Fsp3) is 0.391. The highest BCUT2D eigenvalue weighted by molar-refractivity contribution is 5.88. The summed E-state index contributed by atoms with van der Waals surface area (Å²) in [6.07, 6.45) is 2.00. The molecule has 0 aromatic heterocycles. The molecule has 3 rings (SSSR count). The smallest absolute Gasteiger partial charge is 0.247 e. The summed E-state index contributed by atoms with van der Waals surface area (Å²) in [5.74, 6) is 0.384. The third-order valence-electron chi connectivity index (χ3n) is 5.12. The second-order valence-electron chi connectivity index (χ2n) is 7.19. The van der Waals surface area contributed by atoms with E-state index in [2.05, 4.69) is 5.32 Å². The molecule has 0 spiro atoms. The molecule has 29 heavy (non-hydrogen) atoms. The van der Waals surface area contributed by atoms with Gasteiger partial charge in [0.25, 0.3) is 0 Å². The Kier molecular flexibility index (Phi) is 7.25. The van der Waals surface area contributed by atoms with Crippen molar-refractivity contribution in [2.75, 3.05) is 20.3 Å². The third kappa shape index (κ3) is 5.57. The molecule has 0 aliphatic carbocycles. The van der Waals surface area contributed by atoms with Gasteiger partial charge in [-0.2, -0.15) is 0 Å². The normalized spacial score (nSPS) is 16.8. The van der Waals surface area contributed by atoms with Crippen LogP contribution in [0.1, 0.15) is 36.9 Å². The number of nitrogens with zero attached hydrogens (tertiary/aromatic N) is 1. The molecule has 2 atom stereocenters. The summed E-state index contributed by atoms with van der Waals surface area (Å²) in [7, 11) is 1.61. The zero-order valence-electron chi connectivity index (χ0n) is 17.0. The minimum atomic E-state index is -0.711. The molecule has 1 aliphatic heterocycles. The first-order chi connectivity index (χ1) is 14.1. The fourth-order valence-electron chi connectivity index (χ4n) is 3.54. The molecule has 154 valence electrons. The Labute approximate surface area is 171 Å². The van der Waals surface area contributed by atoms with Crippen LogP contribution in [0.5, 0.6) is 5.75 Å². The molecule has 1 saturated heterocycles. The van der Waals surface area contributed by atoms with Gasteiger partial charge in [0, 0.05) is 26.6 Å². The van der Waals surface area contributed by atoms with Crippen molar-refractivity contribution in [1.82, 2.24) is 10.2 Å². The van der Waals surface area contributed by atoms with E-state index >= 15 is 0 Å². The number of amides is 2. The zero-order valence-corrected chi connectivity index (χ0v) is 17.0. The summed E-state index contributed by atoms with van der Waals surface area (Å²) in [5.41, 5.74) is 1.70. The van der Waals surface area contributed by atoms with Gasteiger partial charge >= 0.3 is 0 Å². The number of rotatable bonds is 8. The summed E-state index contributed by atoms with van der Waals surface area (Å²) < 4.78 is 10.8. The number of nitrogens with one attached hydrogen (secondary N) is 1. The number of carbonyl (C=O) groups is 2. The zero-order chi connectivity index (χ0) is 20.6. The first kappa shape index (κ1) is 20.9. The third-order valence-corrected chi connectivity index (χ3v) is 5.12. The highest BCUT2D eigenvalue weighted by Gasteiger charge is 2.30. The standard InChI is InChI=1S/C23H28N2O4/c1-17(26)25(16-18-10-12-20(28-2)13-11-18)22(19-7-4-3-5-8-19)23(27)24-15-21-9-6-14-29-21/h3-5,7-8,10-13,21-22H,6,9,14-16H2,1-2H3,(H,24,27)/t21-,22+/m1/s1. The molecule has 1 aliphatic rings. The maximum atomic E-state index is 13.2. The van der Waals surface area contributed by atoms with Crippen LogP contribution in [0.15, 0.2) is 54.6 Å². The Bertz CT molecular complexity index is 801. The minimum Gasteiger partial charge on any atom is -0.497 e. The van der Waals surface area contributed by atoms with E-state index in [4.69, 9.17) is 9.47 Å². The van der Waals surface area contributed by atoms with Crippen LogP contribution >= 0.6 is 0 Å². The number of hydrogen-bond donors (Lipinski definition) is 1. The van der Waals surface area contributed by atoms with E-state index in [1.165, 1.54) is 6.92 Å². The molecule has 1 heterocycles. The van der Waals surface area contributed by atoms with Crippen molar-refractivity contribution in [3.05, 3.63) is 65.7 Å². The summed E-state index contributed by atoms with van der Waals surface area (Å²) in [6.45, 7) is 3.01. The van der Waals surface area contributed by atoms with Crippen molar-refractivity contribution in [2.45, 2.75) is 38.5 Å². The van der Waals surface area contributed by atoms with Gasteiger partial charge in [-0.05, 0) is 36.1 Å². The first-order valence-corrected chi connectivity index (χ1v) is 9.93. The van der Waals surface area contributed by atoms with Crippen LogP contribution in [0.3, 0.4) is 0 Å². The Morgan fingerprint density at radius 2 is 1.90 bits per heavy atom. The van der Waals surface area contributed by atoms with Crippen LogP contribution in [-0.2, 0) is 20.9 Å². The molecule has 1 N–H and O–H groups in total. The Morgan fingerprint density at radius 3 is 2.48 bits per heavy atom. The Morgan fingerprint density at radius 1 is 1.17 bits per heavy atom. The lowest BCUT2D eigenvalue weighted by molar-refractivity contribution is -0.140. The molecule has 6 nitrogen and oxygen atoms in total. The number of hydrogen-bond acceptors (Lipinski definition) is 4. The fourth-order valence-corrected chi connectivity index (χ4v) is 3.54. The topological polar surface area (TPSA) is 67.9 Å². The molecule has 2 aromatic carbocycles. The minimum absolute atomic E-state index is 0.0442. The van der Waals surface area contributed by atoms with E-state index in [0.29, 0.717) is 13.1 Å². The van der Waals surface area contributed by atoms with Gasteiger partial charge in [-0.3, -0.25) is 9.59 Å². The van der Waals surface area contributed by atoms with E-state index in [1.54, 1.807) is 12.0 Å². The lowest BCUT2D eigenvalue weighted by Gasteiger charge is -2.31. The largest absolute Gasteiger partial charge is 0.497 e. The second kappa shape index (κ2) is 10.1. The van der Waals surface area contributed by atoms with Crippen LogP contribution in [0.2, 0.25) is 0 Å². The molecule has 2 aromatic rings. The molecule has 0 radical (unpaired) electrons. The summed E-state index contributed by atoms with van der Waals surface area (Å²) in [5, 5.41) is 2.98. The van der Waals surface area contributed by atoms with Crippen LogP contribution in [0, 0.1) is 0 Å². The van der Waals surface area contributed by atoms with Crippen molar-refractivity contribution in [1.29, 1.82) is 0 Å². The van der Waals surface area contributed by atoms with E-state index in [-0.39, 0.29) is 17.9 Å². The second-order valence-corrected chi connectivity index (χ2v) is 7.19. The van der Waals surface area contributed by atoms with Crippen molar-refractivity contribution in [3.8, 4) is 5.75 Å². The van der Waals surface area contributed by atoms with Gasteiger partial charge < -0.3 is 19.7 Å². The van der Waals surface area contributed by atoms with Gasteiger partial charge in [0.15, 0.2) is 0 Å². The molecular formula is C23H28N2O4. The predicted octanol–water partition coefficient (Wildman–Crippen LogP) is 3.08. The Balaban J connectivity index is 1.82. The summed E-state index contributed by atoms with van der Waals surface area (Å²) in [4.78, 5) is 27.3. The number of benzene rings is 2. The molecule has 0 bridgehead atoms. The van der Waals surface area contributed by atoms with Crippen LogP contribution in [-0.4, -0.2) is 43.1 Å². The van der Waals surface area contributed by atoms with Gasteiger partial charge in [-0.1, -0.05) is 42.5 Å². The van der Waals surface area contributed by atoms with Crippen molar-refractivity contribution in [3.63, 3.8) is 0 Å². The maximum Gasteiger partial charge on any atom is 0.247 e. The summed E-state index contributed by atoms with van der Waals surface area (Å²) >= 11 is 0. The highest BCUT2D eigenvalue weighted by Crippen LogP contribution is 2.25. The van der Waals surface area contributed by atoms with Gasteiger partial charge in [0.1, 0.15) is 11.8 Å². The van der Waals surface area contributed by atoms with Crippen LogP contribution < -0.4 is 10.1 Å². The number of methoxy groups -OCH3 is 1. The van der Waals surface area contributed by atoms with Crippen LogP contribution in [0.25, 0.3) is 0 Å². The van der Waals surface area contributed by atoms with Crippen LogP contribution in [0.4, 0.5) is 0 Å². The van der Waals surface area contributed by atoms with Gasteiger partial charge in [-0.25, -0.2) is 0 Å². The molecule has 2 amide bonds. The first-order valence-electron chi connectivity index (χ1n) is 9.93. The van der Waals surface area contributed by atoms with Gasteiger partial charge in [0.05, 0.1) is 13.2 Å². The highest BCUT2D eigenvalue weighted by atomic mass is 16.5. The van der Waals surface area contributed by atoms with E-state index < -0.39 is 6.04 Å². The molecule has 6 heteroatoms. The Hall–Kier alpha value is -2.86. The monoisotopic (exact) mass is 396 g/mol. The maximum absolute atomic E-state index is 13.2. The quantitative estimate of drug-likeness (QED) is 0.745. The molecule has 1 fully saturated rings. The van der Waals surface area contributed by atoms with E-state index in [9.17, 15) is 9.59 Å². The van der Waals surface area contributed by atoms with E-state index in [1.807, 2.05) is 54.6 Å². The molecular weight excluding hydrogens is 368 g/mol. The number of ether oxygens (including phenoxy) is 2. The van der Waals surface area contributed by atoms with Crippen molar-refractivity contribution >= 4 is 11.8 Å². The van der Waals surface area contributed by atoms with Crippen molar-refractivity contribution in [2.24, 2.45) is 0 Å². The average Bonchev–Trinajstić information content (AvgIpc) is 3.26. The molecule has 0 unspecified atom stereocenters. The average molecular weight is 396 g/mol. The van der Waals surface area contributed by atoms with Gasteiger partial charge in [-0.15, -0.1) is 0 Å². The lowest BCUT2D eigenvalue weighted by Crippen LogP contribution is -2.44. The predicted molar refractivity (Wildman–Crippen MR) is 110 cm³/mol.